The summed E-state index contributed by atoms with van der Waals surface area (Å²) in [7, 11) is 0. The molecule has 5 rings (SSSR count). The zero-order chi connectivity index (χ0) is 18.2. The number of amides is 1. The van der Waals surface area contributed by atoms with Crippen molar-refractivity contribution >= 4 is 22.5 Å². The van der Waals surface area contributed by atoms with Gasteiger partial charge < -0.3 is 9.88 Å². The molecule has 0 bridgehead atoms. The number of aromatic amines is 1. The number of nitrogens with zero attached hydrogens (tertiary/aromatic N) is 3. The Morgan fingerprint density at radius 2 is 2.04 bits per heavy atom. The van der Waals surface area contributed by atoms with Gasteiger partial charge in [0, 0.05) is 35.8 Å². The summed E-state index contributed by atoms with van der Waals surface area (Å²) in [6.45, 7) is 1.03. The maximum Gasteiger partial charge on any atom is 0.276 e. The number of para-hydroxylation sites is 1. The maximum absolute atomic E-state index is 12.7. The van der Waals surface area contributed by atoms with E-state index in [2.05, 4.69) is 26.3 Å². The standard InChI is InChI=1S/C21H19N5O/c27-21(20-16-8-1-2-9-17(16)24-25-20)22-15-7-5-6-14(12-15)18-13-26-11-4-3-10-19(26)23-18/h1-2,5-9,12-13H,3-4,10-11H2,(H,22,27)(H,24,25). The highest BCUT2D eigenvalue weighted by atomic mass is 16.1. The average molecular weight is 357 g/mol. The van der Waals surface area contributed by atoms with E-state index in [0.29, 0.717) is 5.69 Å². The molecule has 1 aliphatic heterocycles. The van der Waals surface area contributed by atoms with Gasteiger partial charge in [0.15, 0.2) is 5.69 Å². The van der Waals surface area contributed by atoms with Crippen molar-refractivity contribution in [2.45, 2.75) is 25.8 Å². The Morgan fingerprint density at radius 3 is 2.96 bits per heavy atom. The molecular formula is C21H19N5O. The molecule has 4 aromatic rings. The van der Waals surface area contributed by atoms with Gasteiger partial charge in [-0.2, -0.15) is 5.10 Å². The smallest absolute Gasteiger partial charge is 0.276 e. The summed E-state index contributed by atoms with van der Waals surface area (Å²) >= 11 is 0. The molecule has 0 spiro atoms. The van der Waals surface area contributed by atoms with Crippen LogP contribution in [-0.4, -0.2) is 25.7 Å². The van der Waals surface area contributed by atoms with Crippen LogP contribution in [0.5, 0.6) is 0 Å². The van der Waals surface area contributed by atoms with Crippen LogP contribution in [0.2, 0.25) is 0 Å². The van der Waals surface area contributed by atoms with Crippen LogP contribution in [0.1, 0.15) is 29.2 Å². The summed E-state index contributed by atoms with van der Waals surface area (Å²) in [5, 5.41) is 10.8. The minimum absolute atomic E-state index is 0.228. The highest BCUT2D eigenvalue weighted by Gasteiger charge is 2.16. The van der Waals surface area contributed by atoms with Crippen molar-refractivity contribution in [3.8, 4) is 11.3 Å². The third-order valence-corrected chi connectivity index (χ3v) is 5.01. The number of anilines is 1. The van der Waals surface area contributed by atoms with E-state index in [1.807, 2.05) is 48.5 Å². The Morgan fingerprint density at radius 1 is 1.11 bits per heavy atom. The van der Waals surface area contributed by atoms with Crippen molar-refractivity contribution in [1.82, 2.24) is 19.7 Å². The number of aryl methyl sites for hydroxylation is 2. The molecule has 2 N–H and O–H groups in total. The fourth-order valence-electron chi connectivity index (χ4n) is 3.63. The van der Waals surface area contributed by atoms with E-state index in [1.54, 1.807) is 0 Å². The Bertz CT molecular complexity index is 1120. The van der Waals surface area contributed by atoms with Gasteiger partial charge in [-0.25, -0.2) is 4.98 Å². The number of fused-ring (bicyclic) bond motifs is 2. The zero-order valence-corrected chi connectivity index (χ0v) is 14.8. The van der Waals surface area contributed by atoms with Gasteiger partial charge >= 0.3 is 0 Å². The highest BCUT2D eigenvalue weighted by molar-refractivity contribution is 6.11. The monoisotopic (exact) mass is 357 g/mol. The van der Waals surface area contributed by atoms with E-state index in [4.69, 9.17) is 4.98 Å². The van der Waals surface area contributed by atoms with Crippen LogP contribution in [0.3, 0.4) is 0 Å². The fraction of sp³-hybridized carbons (Fsp3) is 0.190. The van der Waals surface area contributed by atoms with Crippen molar-refractivity contribution in [3.05, 3.63) is 66.2 Å². The fourth-order valence-corrected chi connectivity index (χ4v) is 3.63. The van der Waals surface area contributed by atoms with Crippen LogP contribution >= 0.6 is 0 Å². The molecule has 0 atom stereocenters. The van der Waals surface area contributed by atoms with Crippen LogP contribution in [0.25, 0.3) is 22.2 Å². The molecule has 3 heterocycles. The first-order chi connectivity index (χ1) is 13.3. The molecule has 0 radical (unpaired) electrons. The molecule has 27 heavy (non-hydrogen) atoms. The third kappa shape index (κ3) is 2.89. The number of imidazole rings is 1. The second-order valence-electron chi connectivity index (χ2n) is 6.85. The molecule has 0 saturated heterocycles. The molecule has 1 amide bonds. The third-order valence-electron chi connectivity index (χ3n) is 5.01. The van der Waals surface area contributed by atoms with Gasteiger partial charge in [-0.1, -0.05) is 30.3 Å². The topological polar surface area (TPSA) is 75.6 Å². The number of carbonyl (C=O) groups excluding carboxylic acids is 1. The summed E-state index contributed by atoms with van der Waals surface area (Å²) in [6, 6.07) is 15.4. The van der Waals surface area contributed by atoms with Gasteiger partial charge in [-0.3, -0.25) is 9.89 Å². The molecule has 2 aromatic carbocycles. The van der Waals surface area contributed by atoms with Gasteiger partial charge in [0.2, 0.25) is 0 Å². The van der Waals surface area contributed by atoms with E-state index < -0.39 is 0 Å². The van der Waals surface area contributed by atoms with Crippen molar-refractivity contribution < 1.29 is 4.79 Å². The number of H-pyrrole nitrogens is 1. The minimum Gasteiger partial charge on any atom is -0.334 e. The van der Waals surface area contributed by atoms with E-state index in [1.165, 1.54) is 12.8 Å². The number of benzene rings is 2. The van der Waals surface area contributed by atoms with Crippen molar-refractivity contribution in [1.29, 1.82) is 0 Å². The lowest BCUT2D eigenvalue weighted by Crippen LogP contribution is -2.12. The molecule has 0 unspecified atom stereocenters. The predicted octanol–water partition coefficient (Wildman–Crippen LogP) is 4.02. The summed E-state index contributed by atoms with van der Waals surface area (Å²) in [5.41, 5.74) is 3.93. The van der Waals surface area contributed by atoms with Crippen LogP contribution in [0.4, 0.5) is 5.69 Å². The van der Waals surface area contributed by atoms with Crippen molar-refractivity contribution in [3.63, 3.8) is 0 Å². The first-order valence-corrected chi connectivity index (χ1v) is 9.19. The number of aromatic nitrogens is 4. The Balaban J connectivity index is 1.42. The molecule has 1 aliphatic rings. The number of hydrogen-bond donors (Lipinski definition) is 2. The summed E-state index contributed by atoms with van der Waals surface area (Å²) < 4.78 is 2.24. The predicted molar refractivity (Wildman–Crippen MR) is 105 cm³/mol. The second-order valence-corrected chi connectivity index (χ2v) is 6.85. The van der Waals surface area contributed by atoms with Crippen molar-refractivity contribution in [2.24, 2.45) is 0 Å². The zero-order valence-electron chi connectivity index (χ0n) is 14.8. The quantitative estimate of drug-likeness (QED) is 0.581. The number of hydrogen-bond acceptors (Lipinski definition) is 3. The van der Waals surface area contributed by atoms with Crippen LogP contribution in [-0.2, 0) is 13.0 Å². The average Bonchev–Trinajstić information content (AvgIpc) is 3.32. The van der Waals surface area contributed by atoms with Gasteiger partial charge in [0.05, 0.1) is 11.2 Å². The molecule has 6 nitrogen and oxygen atoms in total. The Hall–Kier alpha value is -3.41. The molecule has 6 heteroatoms. The van der Waals surface area contributed by atoms with Gasteiger partial charge in [-0.15, -0.1) is 0 Å². The molecule has 134 valence electrons. The van der Waals surface area contributed by atoms with E-state index in [9.17, 15) is 4.79 Å². The van der Waals surface area contributed by atoms with Gasteiger partial charge in [0.25, 0.3) is 5.91 Å². The molecule has 0 saturated carbocycles. The number of carbonyl (C=O) groups is 1. The largest absolute Gasteiger partial charge is 0.334 e. The lowest BCUT2D eigenvalue weighted by Gasteiger charge is -2.11. The SMILES string of the molecule is O=C(Nc1cccc(-c2cn3c(n2)CCCC3)c1)c1n[nH]c2ccccc12. The van der Waals surface area contributed by atoms with Crippen LogP contribution in [0, 0.1) is 0 Å². The van der Waals surface area contributed by atoms with Gasteiger partial charge in [0.1, 0.15) is 5.82 Å². The Kier molecular flexibility index (Phi) is 3.74. The van der Waals surface area contributed by atoms with Crippen LogP contribution in [0.15, 0.2) is 54.7 Å². The normalized spacial score (nSPS) is 13.5. The van der Waals surface area contributed by atoms with Crippen molar-refractivity contribution in [2.75, 3.05) is 5.32 Å². The number of rotatable bonds is 3. The van der Waals surface area contributed by atoms with E-state index in [0.717, 1.165) is 46.6 Å². The van der Waals surface area contributed by atoms with Gasteiger partial charge in [-0.05, 0) is 31.0 Å². The highest BCUT2D eigenvalue weighted by Crippen LogP contribution is 2.25. The van der Waals surface area contributed by atoms with Crippen LogP contribution < -0.4 is 5.32 Å². The lowest BCUT2D eigenvalue weighted by atomic mass is 10.1. The first-order valence-electron chi connectivity index (χ1n) is 9.19. The summed E-state index contributed by atoms with van der Waals surface area (Å²) in [5.74, 6) is 0.919. The van der Waals surface area contributed by atoms with E-state index in [-0.39, 0.29) is 5.91 Å². The lowest BCUT2D eigenvalue weighted by molar-refractivity contribution is 0.102. The second kappa shape index (κ2) is 6.39. The van der Waals surface area contributed by atoms with E-state index >= 15 is 0 Å². The molecule has 0 aliphatic carbocycles. The summed E-state index contributed by atoms with van der Waals surface area (Å²) in [4.78, 5) is 17.4. The number of nitrogens with one attached hydrogen (secondary N) is 2. The molecular weight excluding hydrogens is 338 g/mol. The molecule has 2 aromatic heterocycles. The minimum atomic E-state index is -0.228. The molecule has 0 fully saturated rings. The Labute approximate surface area is 156 Å². The summed E-state index contributed by atoms with van der Waals surface area (Å²) in [6.07, 6.45) is 5.54. The maximum atomic E-state index is 12.7. The first kappa shape index (κ1) is 15.8.